The Labute approximate surface area is 122 Å². The van der Waals surface area contributed by atoms with Crippen LogP contribution in [0.25, 0.3) is 0 Å². The van der Waals surface area contributed by atoms with Gasteiger partial charge < -0.3 is 10.5 Å². The topological polar surface area (TPSA) is 81.4 Å². The summed E-state index contributed by atoms with van der Waals surface area (Å²) in [7, 11) is -3.29. The van der Waals surface area contributed by atoms with E-state index in [1.54, 1.807) is 0 Å². The van der Waals surface area contributed by atoms with E-state index in [0.717, 1.165) is 31.6 Å². The predicted molar refractivity (Wildman–Crippen MR) is 79.9 cm³/mol. The number of hydrogen-bond acceptors (Lipinski definition) is 4. The summed E-state index contributed by atoms with van der Waals surface area (Å²) in [6.45, 7) is 3.68. The maximum Gasteiger partial charge on any atom is 0.215 e. The van der Waals surface area contributed by atoms with Crippen LogP contribution in [0.15, 0.2) is 0 Å². The molecule has 0 aromatic rings. The molecule has 0 atom stereocenters. The fourth-order valence-corrected chi connectivity index (χ4v) is 5.23. The second-order valence-electron chi connectivity index (χ2n) is 6.29. The maximum atomic E-state index is 12.5. The first-order valence-electron chi connectivity index (χ1n) is 7.82. The molecule has 1 saturated carbocycles. The van der Waals surface area contributed by atoms with E-state index in [1.165, 1.54) is 6.42 Å². The first kappa shape index (κ1) is 16.2. The standard InChI is InChI=1S/C14H28N2O3S/c1-2-12-3-7-14(11-15,8-4-12)16-20(17,18)13-5-9-19-10-6-13/h12-13,16H,2-11,15H2,1H3. The number of nitrogens with one attached hydrogen (secondary N) is 1. The first-order chi connectivity index (χ1) is 9.51. The molecule has 1 aliphatic heterocycles. The fourth-order valence-electron chi connectivity index (χ4n) is 3.36. The van der Waals surface area contributed by atoms with Crippen LogP contribution in [0.1, 0.15) is 51.9 Å². The quantitative estimate of drug-likeness (QED) is 0.804. The van der Waals surface area contributed by atoms with Gasteiger partial charge in [-0.2, -0.15) is 0 Å². The molecule has 0 aromatic heterocycles. The Morgan fingerprint density at radius 2 is 1.80 bits per heavy atom. The van der Waals surface area contributed by atoms with E-state index in [0.29, 0.717) is 32.6 Å². The van der Waals surface area contributed by atoms with Gasteiger partial charge in [0.25, 0.3) is 0 Å². The summed E-state index contributed by atoms with van der Waals surface area (Å²) in [5.74, 6) is 0.724. The van der Waals surface area contributed by atoms with Gasteiger partial charge in [-0.25, -0.2) is 13.1 Å². The number of sulfonamides is 1. The van der Waals surface area contributed by atoms with Gasteiger partial charge in [-0.05, 0) is 44.4 Å². The summed E-state index contributed by atoms with van der Waals surface area (Å²) in [4.78, 5) is 0. The van der Waals surface area contributed by atoms with E-state index in [-0.39, 0.29) is 5.25 Å². The number of rotatable bonds is 5. The van der Waals surface area contributed by atoms with Crippen LogP contribution in [0.3, 0.4) is 0 Å². The van der Waals surface area contributed by atoms with Gasteiger partial charge in [-0.15, -0.1) is 0 Å². The summed E-state index contributed by atoms with van der Waals surface area (Å²) in [5.41, 5.74) is 5.50. The minimum Gasteiger partial charge on any atom is -0.381 e. The van der Waals surface area contributed by atoms with E-state index in [1.807, 2.05) is 0 Å². The van der Waals surface area contributed by atoms with Crippen LogP contribution in [-0.4, -0.2) is 39.0 Å². The van der Waals surface area contributed by atoms with Crippen LogP contribution < -0.4 is 10.5 Å². The summed E-state index contributed by atoms with van der Waals surface area (Å²) >= 11 is 0. The van der Waals surface area contributed by atoms with Crippen molar-refractivity contribution in [3.8, 4) is 0 Å². The summed E-state index contributed by atoms with van der Waals surface area (Å²) in [6, 6.07) is 0. The van der Waals surface area contributed by atoms with Crippen molar-refractivity contribution < 1.29 is 13.2 Å². The van der Waals surface area contributed by atoms with Crippen molar-refractivity contribution in [3.05, 3.63) is 0 Å². The van der Waals surface area contributed by atoms with Crippen molar-refractivity contribution in [2.24, 2.45) is 11.7 Å². The van der Waals surface area contributed by atoms with E-state index in [4.69, 9.17) is 10.5 Å². The number of ether oxygens (including phenoxy) is 1. The highest BCUT2D eigenvalue weighted by molar-refractivity contribution is 7.90. The van der Waals surface area contributed by atoms with Crippen molar-refractivity contribution in [2.45, 2.75) is 62.7 Å². The molecule has 0 amide bonds. The lowest BCUT2D eigenvalue weighted by molar-refractivity contribution is 0.0976. The highest BCUT2D eigenvalue weighted by atomic mass is 32.2. The monoisotopic (exact) mass is 304 g/mol. The second-order valence-corrected chi connectivity index (χ2v) is 8.26. The van der Waals surface area contributed by atoms with E-state index < -0.39 is 15.6 Å². The normalized spacial score (nSPS) is 33.2. The molecule has 1 aliphatic carbocycles. The molecule has 0 spiro atoms. The van der Waals surface area contributed by atoms with Gasteiger partial charge in [0.1, 0.15) is 0 Å². The summed E-state index contributed by atoms with van der Waals surface area (Å²) in [5, 5.41) is -0.316. The fraction of sp³-hybridized carbons (Fsp3) is 1.00. The van der Waals surface area contributed by atoms with Crippen LogP contribution in [0, 0.1) is 5.92 Å². The van der Waals surface area contributed by atoms with Crippen molar-refractivity contribution in [2.75, 3.05) is 19.8 Å². The minimum atomic E-state index is -3.29. The Bertz CT molecular complexity index is 397. The third kappa shape index (κ3) is 3.72. The molecule has 6 heteroatoms. The zero-order valence-corrected chi connectivity index (χ0v) is 13.3. The predicted octanol–water partition coefficient (Wildman–Crippen LogP) is 1.38. The average molecular weight is 304 g/mol. The van der Waals surface area contributed by atoms with Gasteiger partial charge >= 0.3 is 0 Å². The Balaban J connectivity index is 2.01. The lowest BCUT2D eigenvalue weighted by Crippen LogP contribution is -2.57. The molecule has 20 heavy (non-hydrogen) atoms. The first-order valence-corrected chi connectivity index (χ1v) is 9.36. The highest BCUT2D eigenvalue weighted by Crippen LogP contribution is 2.34. The van der Waals surface area contributed by atoms with Crippen LogP contribution in [0.4, 0.5) is 0 Å². The largest absolute Gasteiger partial charge is 0.381 e. The minimum absolute atomic E-state index is 0.316. The highest BCUT2D eigenvalue weighted by Gasteiger charge is 2.39. The molecule has 0 unspecified atom stereocenters. The lowest BCUT2D eigenvalue weighted by Gasteiger charge is -2.40. The molecule has 1 heterocycles. The van der Waals surface area contributed by atoms with Crippen molar-refractivity contribution in [3.63, 3.8) is 0 Å². The van der Waals surface area contributed by atoms with E-state index >= 15 is 0 Å². The van der Waals surface area contributed by atoms with Gasteiger partial charge in [0, 0.05) is 25.3 Å². The SMILES string of the molecule is CCC1CCC(CN)(NS(=O)(=O)C2CCOCC2)CC1. The summed E-state index contributed by atoms with van der Waals surface area (Å²) < 4.78 is 33.3. The Kier molecular flexibility index (Phi) is 5.45. The van der Waals surface area contributed by atoms with E-state index in [9.17, 15) is 8.42 Å². The van der Waals surface area contributed by atoms with Gasteiger partial charge in [-0.1, -0.05) is 13.3 Å². The molecule has 2 aliphatic rings. The third-order valence-electron chi connectivity index (χ3n) is 5.00. The maximum absolute atomic E-state index is 12.5. The molecule has 2 fully saturated rings. The van der Waals surface area contributed by atoms with Crippen molar-refractivity contribution >= 4 is 10.0 Å². The van der Waals surface area contributed by atoms with Gasteiger partial charge in [0.2, 0.25) is 10.0 Å². The summed E-state index contributed by atoms with van der Waals surface area (Å²) in [6.07, 6.45) is 6.23. The van der Waals surface area contributed by atoms with Crippen LogP contribution in [0.2, 0.25) is 0 Å². The van der Waals surface area contributed by atoms with Crippen LogP contribution in [0.5, 0.6) is 0 Å². The van der Waals surface area contributed by atoms with Crippen LogP contribution in [-0.2, 0) is 14.8 Å². The van der Waals surface area contributed by atoms with Crippen LogP contribution >= 0.6 is 0 Å². The molecule has 5 nitrogen and oxygen atoms in total. The molecular formula is C14H28N2O3S. The molecule has 1 saturated heterocycles. The Morgan fingerprint density at radius 3 is 2.30 bits per heavy atom. The zero-order valence-electron chi connectivity index (χ0n) is 12.4. The van der Waals surface area contributed by atoms with Crippen molar-refractivity contribution in [1.82, 2.24) is 4.72 Å². The Morgan fingerprint density at radius 1 is 1.20 bits per heavy atom. The third-order valence-corrected chi connectivity index (χ3v) is 7.06. The second kappa shape index (κ2) is 6.73. The van der Waals surface area contributed by atoms with Gasteiger partial charge in [0.15, 0.2) is 0 Å². The van der Waals surface area contributed by atoms with E-state index in [2.05, 4.69) is 11.6 Å². The molecule has 0 radical (unpaired) electrons. The lowest BCUT2D eigenvalue weighted by atomic mass is 9.76. The van der Waals surface area contributed by atoms with Gasteiger partial charge in [-0.3, -0.25) is 0 Å². The average Bonchev–Trinajstić information content (AvgIpc) is 2.48. The molecule has 0 aromatic carbocycles. The molecule has 2 rings (SSSR count). The number of nitrogens with two attached hydrogens (primary N) is 1. The smallest absolute Gasteiger partial charge is 0.215 e. The molecule has 118 valence electrons. The zero-order chi connectivity index (χ0) is 14.6. The number of hydrogen-bond donors (Lipinski definition) is 2. The van der Waals surface area contributed by atoms with Gasteiger partial charge in [0.05, 0.1) is 5.25 Å². The molecular weight excluding hydrogens is 276 g/mol. The van der Waals surface area contributed by atoms with Crippen molar-refractivity contribution in [1.29, 1.82) is 0 Å². The molecule has 3 N–H and O–H groups in total. The Hall–Kier alpha value is -0.170. The molecule has 0 bridgehead atoms.